The Balaban J connectivity index is 1.56. The van der Waals surface area contributed by atoms with Crippen LogP contribution in [0.15, 0.2) is 5.38 Å². The molecule has 0 unspecified atom stereocenters. The quantitative estimate of drug-likeness (QED) is 0.734. The lowest BCUT2D eigenvalue weighted by Crippen LogP contribution is -2.41. The third-order valence-corrected chi connectivity index (χ3v) is 6.01. The number of aryl methyl sites for hydroxylation is 1. The molecule has 146 valence electrons. The van der Waals surface area contributed by atoms with Crippen LogP contribution in [0.2, 0.25) is 0 Å². The number of amides is 2. The Kier molecular flexibility index (Phi) is 6.40. The summed E-state index contributed by atoms with van der Waals surface area (Å²) in [7, 11) is 0. The minimum atomic E-state index is -0.441. The highest BCUT2D eigenvalue weighted by Crippen LogP contribution is 2.22. The number of nitrogens with zero attached hydrogens (tertiary/aromatic N) is 3. The largest absolute Gasteiger partial charge is 0.378 e. The predicted octanol–water partition coefficient (Wildman–Crippen LogP) is 2.02. The normalized spacial score (nSPS) is 14.4. The van der Waals surface area contributed by atoms with Crippen molar-refractivity contribution in [2.75, 3.05) is 31.2 Å². The van der Waals surface area contributed by atoms with Gasteiger partial charge in [-0.2, -0.15) is 0 Å². The van der Waals surface area contributed by atoms with Crippen molar-refractivity contribution in [2.24, 2.45) is 5.92 Å². The van der Waals surface area contributed by atoms with Crippen LogP contribution in [0.1, 0.15) is 44.7 Å². The Labute approximate surface area is 165 Å². The average Bonchev–Trinajstić information content (AvgIpc) is 3.27. The van der Waals surface area contributed by atoms with E-state index in [1.54, 1.807) is 12.3 Å². The zero-order chi connectivity index (χ0) is 19.4. The molecule has 3 heterocycles. The van der Waals surface area contributed by atoms with Crippen molar-refractivity contribution in [1.29, 1.82) is 0 Å². The summed E-state index contributed by atoms with van der Waals surface area (Å²) in [6, 6.07) is 0. The molecule has 1 fully saturated rings. The van der Waals surface area contributed by atoms with Crippen molar-refractivity contribution >= 4 is 39.6 Å². The second-order valence-corrected chi connectivity index (χ2v) is 8.56. The summed E-state index contributed by atoms with van der Waals surface area (Å²) < 4.78 is 5.32. The molecular weight excluding hydrogens is 386 g/mol. The van der Waals surface area contributed by atoms with Crippen molar-refractivity contribution in [3.8, 4) is 0 Å². The van der Waals surface area contributed by atoms with Crippen LogP contribution >= 0.6 is 22.7 Å². The number of aromatic nitrogens is 2. The van der Waals surface area contributed by atoms with Gasteiger partial charge in [0, 0.05) is 24.9 Å². The summed E-state index contributed by atoms with van der Waals surface area (Å²) in [5, 5.41) is 3.39. The molecule has 0 atom stereocenters. The van der Waals surface area contributed by atoms with Crippen molar-refractivity contribution in [3.05, 3.63) is 26.7 Å². The highest BCUT2D eigenvalue weighted by Gasteiger charge is 2.19. The van der Waals surface area contributed by atoms with Gasteiger partial charge in [-0.1, -0.05) is 13.8 Å². The maximum absolute atomic E-state index is 12.4. The fraction of sp³-hybridized carbons (Fsp3) is 0.529. The number of nitrogens with one attached hydrogen (secondary N) is 2. The van der Waals surface area contributed by atoms with E-state index >= 15 is 0 Å². The molecule has 1 aliphatic heterocycles. The maximum atomic E-state index is 12.4. The summed E-state index contributed by atoms with van der Waals surface area (Å²) in [4.78, 5) is 36.0. The topological polar surface area (TPSA) is 96.5 Å². The molecule has 2 N–H and O–H groups in total. The summed E-state index contributed by atoms with van der Waals surface area (Å²) in [5.41, 5.74) is 5.84. The summed E-state index contributed by atoms with van der Waals surface area (Å²) in [6.07, 6.45) is 0.828. The van der Waals surface area contributed by atoms with E-state index in [1.807, 2.05) is 0 Å². The molecule has 2 aromatic rings. The number of anilines is 1. The Bertz CT molecular complexity index is 811. The lowest BCUT2D eigenvalue weighted by Gasteiger charge is -2.25. The minimum absolute atomic E-state index is 0.281. The summed E-state index contributed by atoms with van der Waals surface area (Å²) >= 11 is 2.76. The van der Waals surface area contributed by atoms with Gasteiger partial charge in [0.05, 0.1) is 23.9 Å². The molecule has 3 rings (SSSR count). The fourth-order valence-corrected chi connectivity index (χ4v) is 4.63. The number of thiazole rings is 2. The number of carbonyl (C=O) groups excluding carboxylic acids is 2. The van der Waals surface area contributed by atoms with E-state index in [4.69, 9.17) is 4.74 Å². The molecule has 2 aromatic heterocycles. The molecule has 2 amide bonds. The Morgan fingerprint density at radius 3 is 2.63 bits per heavy atom. The highest BCUT2D eigenvalue weighted by molar-refractivity contribution is 7.14. The lowest BCUT2D eigenvalue weighted by atomic mass is 10.1. The van der Waals surface area contributed by atoms with Crippen molar-refractivity contribution < 1.29 is 14.3 Å². The van der Waals surface area contributed by atoms with Crippen molar-refractivity contribution in [2.45, 2.75) is 27.2 Å². The summed E-state index contributed by atoms with van der Waals surface area (Å²) in [5.74, 6) is -0.336. The van der Waals surface area contributed by atoms with Gasteiger partial charge in [-0.05, 0) is 12.8 Å². The molecule has 0 radical (unpaired) electrons. The van der Waals surface area contributed by atoms with Gasteiger partial charge < -0.3 is 9.64 Å². The molecule has 0 aromatic carbocycles. The third-order valence-electron chi connectivity index (χ3n) is 3.93. The number of rotatable bonds is 5. The SMILES string of the molecule is Cc1nc(CC(C)C)sc1C(=O)NNC(=O)c1csc(N2CCOCC2)n1. The molecule has 10 heteroatoms. The van der Waals surface area contributed by atoms with E-state index < -0.39 is 5.91 Å². The predicted molar refractivity (Wildman–Crippen MR) is 105 cm³/mol. The molecule has 1 aliphatic rings. The van der Waals surface area contributed by atoms with Gasteiger partial charge in [0.15, 0.2) is 5.13 Å². The molecule has 0 saturated carbocycles. The van der Waals surface area contributed by atoms with E-state index in [9.17, 15) is 9.59 Å². The Morgan fingerprint density at radius 2 is 1.93 bits per heavy atom. The second kappa shape index (κ2) is 8.77. The average molecular weight is 410 g/mol. The van der Waals surface area contributed by atoms with E-state index in [0.29, 0.717) is 29.7 Å². The van der Waals surface area contributed by atoms with Gasteiger partial charge in [0.2, 0.25) is 0 Å². The van der Waals surface area contributed by atoms with E-state index in [0.717, 1.165) is 29.6 Å². The number of hydrogen-bond donors (Lipinski definition) is 2. The first-order valence-corrected chi connectivity index (χ1v) is 10.5. The maximum Gasteiger partial charge on any atom is 0.289 e. The second-order valence-electron chi connectivity index (χ2n) is 6.64. The zero-order valence-electron chi connectivity index (χ0n) is 15.6. The van der Waals surface area contributed by atoms with Crippen LogP contribution < -0.4 is 15.8 Å². The van der Waals surface area contributed by atoms with Gasteiger partial charge in [-0.3, -0.25) is 20.4 Å². The Morgan fingerprint density at radius 1 is 1.22 bits per heavy atom. The fourth-order valence-electron chi connectivity index (χ4n) is 2.60. The number of hydrazine groups is 1. The van der Waals surface area contributed by atoms with E-state index in [-0.39, 0.29) is 11.6 Å². The molecular formula is C17H23N5O3S2. The van der Waals surface area contributed by atoms with Gasteiger partial charge >= 0.3 is 0 Å². The van der Waals surface area contributed by atoms with Crippen molar-refractivity contribution in [1.82, 2.24) is 20.8 Å². The highest BCUT2D eigenvalue weighted by atomic mass is 32.1. The van der Waals surface area contributed by atoms with E-state index in [1.165, 1.54) is 22.7 Å². The van der Waals surface area contributed by atoms with Gasteiger partial charge in [0.25, 0.3) is 11.8 Å². The Hall–Kier alpha value is -2.04. The number of carbonyl (C=O) groups is 2. The molecule has 0 spiro atoms. The third kappa shape index (κ3) is 5.02. The van der Waals surface area contributed by atoms with Crippen LogP contribution in [-0.4, -0.2) is 48.1 Å². The molecule has 0 bridgehead atoms. The first kappa shape index (κ1) is 19.7. The molecule has 27 heavy (non-hydrogen) atoms. The zero-order valence-corrected chi connectivity index (χ0v) is 17.2. The first-order chi connectivity index (χ1) is 12.9. The smallest absolute Gasteiger partial charge is 0.289 e. The van der Waals surface area contributed by atoms with Crippen LogP contribution in [0.5, 0.6) is 0 Å². The van der Waals surface area contributed by atoms with Crippen molar-refractivity contribution in [3.63, 3.8) is 0 Å². The lowest BCUT2D eigenvalue weighted by molar-refractivity contribution is 0.0846. The minimum Gasteiger partial charge on any atom is -0.378 e. The standard InChI is InChI=1S/C17H23N5O3S2/c1-10(2)8-13-18-11(3)14(27-13)16(24)21-20-15(23)12-9-26-17(19-12)22-4-6-25-7-5-22/h9-10H,4-8H2,1-3H3,(H,20,23)(H,21,24). The number of morpholine rings is 1. The van der Waals surface area contributed by atoms with Crippen LogP contribution in [0, 0.1) is 12.8 Å². The van der Waals surface area contributed by atoms with Gasteiger partial charge in [-0.15, -0.1) is 22.7 Å². The van der Waals surface area contributed by atoms with E-state index in [2.05, 4.69) is 39.6 Å². The number of hydrogen-bond acceptors (Lipinski definition) is 8. The van der Waals surface area contributed by atoms with Crippen LogP contribution in [0.4, 0.5) is 5.13 Å². The number of ether oxygens (including phenoxy) is 1. The molecule has 1 saturated heterocycles. The monoisotopic (exact) mass is 409 g/mol. The van der Waals surface area contributed by atoms with Crippen LogP contribution in [0.25, 0.3) is 0 Å². The first-order valence-electron chi connectivity index (χ1n) is 8.79. The summed E-state index contributed by atoms with van der Waals surface area (Å²) in [6.45, 7) is 8.84. The molecule has 8 nitrogen and oxygen atoms in total. The van der Waals surface area contributed by atoms with Crippen LogP contribution in [-0.2, 0) is 11.2 Å². The molecule has 0 aliphatic carbocycles. The van der Waals surface area contributed by atoms with Crippen LogP contribution in [0.3, 0.4) is 0 Å². The van der Waals surface area contributed by atoms with Gasteiger partial charge in [-0.25, -0.2) is 9.97 Å². The van der Waals surface area contributed by atoms with Gasteiger partial charge in [0.1, 0.15) is 10.6 Å².